The summed E-state index contributed by atoms with van der Waals surface area (Å²) in [6.45, 7) is 15.2. The molecule has 1 N–H and O–H groups in total. The summed E-state index contributed by atoms with van der Waals surface area (Å²) in [5.74, 6) is 0.841. The van der Waals surface area contributed by atoms with E-state index in [1.807, 2.05) is 19.1 Å². The molecule has 0 aromatic heterocycles. The summed E-state index contributed by atoms with van der Waals surface area (Å²) < 4.78 is 6.21. The molecule has 0 aliphatic heterocycles. The van der Waals surface area contributed by atoms with E-state index in [-0.39, 0.29) is 6.23 Å². The summed E-state index contributed by atoms with van der Waals surface area (Å²) >= 11 is 0. The maximum atomic E-state index is 6.21. The highest BCUT2D eigenvalue weighted by Crippen LogP contribution is 2.38. The third-order valence-corrected chi connectivity index (χ3v) is 4.34. The first-order chi connectivity index (χ1) is 9.36. The van der Waals surface area contributed by atoms with Gasteiger partial charge in [0.15, 0.2) is 0 Å². The molecule has 1 unspecified atom stereocenters. The second kappa shape index (κ2) is 7.87. The van der Waals surface area contributed by atoms with E-state index in [1.165, 1.54) is 25.7 Å². The lowest BCUT2D eigenvalue weighted by molar-refractivity contribution is -0.0552. The standard InChI is InChI=1S/C18H33NO/c1-7-9-14(3)19-17(8-2)20-16-12-10-15(11-13-16)18(4,5)6/h7,9,15-17,19H,3,8,10-13H2,1-2,4-6H3/b9-7-/t15-,16-,17?. The van der Waals surface area contributed by atoms with Gasteiger partial charge < -0.3 is 10.1 Å². The molecule has 20 heavy (non-hydrogen) atoms. The minimum absolute atomic E-state index is 0.0925. The fourth-order valence-electron chi connectivity index (χ4n) is 2.99. The molecule has 0 heterocycles. The van der Waals surface area contributed by atoms with Crippen LogP contribution in [0.1, 0.15) is 66.7 Å². The van der Waals surface area contributed by atoms with Crippen LogP contribution in [0.4, 0.5) is 0 Å². The topological polar surface area (TPSA) is 21.3 Å². The van der Waals surface area contributed by atoms with Gasteiger partial charge in [0, 0.05) is 5.70 Å². The molecule has 2 heteroatoms. The number of rotatable bonds is 6. The smallest absolute Gasteiger partial charge is 0.127 e. The Morgan fingerprint density at radius 1 is 1.30 bits per heavy atom. The molecule has 1 rings (SSSR count). The Bertz CT molecular complexity index is 319. The van der Waals surface area contributed by atoms with Crippen LogP contribution < -0.4 is 5.32 Å². The summed E-state index contributed by atoms with van der Waals surface area (Å²) in [6, 6.07) is 0. The van der Waals surface area contributed by atoms with Crippen molar-refractivity contribution >= 4 is 0 Å². The second-order valence-electron chi connectivity index (χ2n) is 7.04. The Morgan fingerprint density at radius 3 is 2.35 bits per heavy atom. The third-order valence-electron chi connectivity index (χ3n) is 4.34. The summed E-state index contributed by atoms with van der Waals surface area (Å²) in [6.07, 6.45) is 10.4. The van der Waals surface area contributed by atoms with Gasteiger partial charge in [-0.15, -0.1) is 0 Å². The number of ether oxygens (including phenoxy) is 1. The Hall–Kier alpha value is -0.760. The van der Waals surface area contributed by atoms with Crippen molar-refractivity contribution in [2.24, 2.45) is 11.3 Å². The molecule has 1 aliphatic rings. The van der Waals surface area contributed by atoms with Crippen LogP contribution in [0, 0.1) is 11.3 Å². The number of allylic oxidation sites excluding steroid dienone is 2. The van der Waals surface area contributed by atoms with Crippen molar-refractivity contribution in [2.75, 3.05) is 0 Å². The first kappa shape index (κ1) is 17.3. The first-order valence-corrected chi connectivity index (χ1v) is 8.10. The lowest BCUT2D eigenvalue weighted by Crippen LogP contribution is -2.36. The van der Waals surface area contributed by atoms with E-state index in [2.05, 4.69) is 39.6 Å². The van der Waals surface area contributed by atoms with Crippen LogP contribution >= 0.6 is 0 Å². The molecule has 0 amide bonds. The van der Waals surface area contributed by atoms with Gasteiger partial charge in [0.25, 0.3) is 0 Å². The van der Waals surface area contributed by atoms with Crippen LogP contribution in [0.5, 0.6) is 0 Å². The Balaban J connectivity index is 2.39. The zero-order valence-electron chi connectivity index (χ0n) is 14.0. The SMILES string of the molecule is C=C(/C=C\C)NC(CC)O[C@H]1CC[C@H](C(C)(C)C)CC1. The molecule has 2 nitrogen and oxygen atoms in total. The van der Waals surface area contributed by atoms with E-state index in [9.17, 15) is 0 Å². The van der Waals surface area contributed by atoms with Crippen molar-refractivity contribution in [2.45, 2.75) is 79.1 Å². The van der Waals surface area contributed by atoms with Crippen molar-refractivity contribution in [1.29, 1.82) is 0 Å². The monoisotopic (exact) mass is 279 g/mol. The average molecular weight is 279 g/mol. The highest BCUT2D eigenvalue weighted by Gasteiger charge is 2.30. The zero-order valence-corrected chi connectivity index (χ0v) is 14.0. The molecular weight excluding hydrogens is 246 g/mol. The van der Waals surface area contributed by atoms with Crippen molar-refractivity contribution < 1.29 is 4.74 Å². The van der Waals surface area contributed by atoms with Crippen molar-refractivity contribution in [3.63, 3.8) is 0 Å². The van der Waals surface area contributed by atoms with E-state index in [1.54, 1.807) is 0 Å². The van der Waals surface area contributed by atoms with Gasteiger partial charge in [-0.1, -0.05) is 40.3 Å². The first-order valence-electron chi connectivity index (χ1n) is 8.10. The van der Waals surface area contributed by atoms with Crippen molar-refractivity contribution in [3.05, 3.63) is 24.4 Å². The Kier molecular flexibility index (Phi) is 6.81. The van der Waals surface area contributed by atoms with E-state index < -0.39 is 0 Å². The minimum Gasteiger partial charge on any atom is -0.361 e. The fourth-order valence-corrected chi connectivity index (χ4v) is 2.99. The molecule has 0 aromatic carbocycles. The van der Waals surface area contributed by atoms with E-state index in [0.717, 1.165) is 18.0 Å². The Labute approximate surface area is 125 Å². The van der Waals surface area contributed by atoms with E-state index in [4.69, 9.17) is 4.74 Å². The summed E-state index contributed by atoms with van der Waals surface area (Å²) in [5, 5.41) is 3.35. The predicted octanol–water partition coefficient (Wildman–Crippen LogP) is 5.02. The molecule has 0 spiro atoms. The summed E-state index contributed by atoms with van der Waals surface area (Å²) in [5.41, 5.74) is 1.37. The minimum atomic E-state index is 0.0925. The number of hydrogen-bond donors (Lipinski definition) is 1. The molecule has 1 fully saturated rings. The molecule has 0 aromatic rings. The van der Waals surface area contributed by atoms with Crippen LogP contribution in [-0.2, 0) is 4.74 Å². The van der Waals surface area contributed by atoms with Gasteiger partial charge in [0.1, 0.15) is 6.23 Å². The quantitative estimate of drug-likeness (QED) is 0.544. The summed E-state index contributed by atoms with van der Waals surface area (Å²) in [4.78, 5) is 0. The van der Waals surface area contributed by atoms with Crippen molar-refractivity contribution in [1.82, 2.24) is 5.32 Å². The van der Waals surface area contributed by atoms with Gasteiger partial charge in [-0.3, -0.25) is 0 Å². The lowest BCUT2D eigenvalue weighted by atomic mass is 9.72. The molecule has 0 bridgehead atoms. The second-order valence-corrected chi connectivity index (χ2v) is 7.04. The van der Waals surface area contributed by atoms with Crippen LogP contribution in [0.25, 0.3) is 0 Å². The highest BCUT2D eigenvalue weighted by atomic mass is 16.5. The fraction of sp³-hybridized carbons (Fsp3) is 0.778. The molecule has 0 radical (unpaired) electrons. The largest absolute Gasteiger partial charge is 0.361 e. The number of nitrogens with one attached hydrogen (secondary N) is 1. The van der Waals surface area contributed by atoms with Crippen LogP contribution in [0.3, 0.4) is 0 Å². The molecule has 1 saturated carbocycles. The van der Waals surface area contributed by atoms with E-state index in [0.29, 0.717) is 11.5 Å². The maximum absolute atomic E-state index is 6.21. The number of hydrogen-bond acceptors (Lipinski definition) is 2. The van der Waals surface area contributed by atoms with Gasteiger partial charge in [0.2, 0.25) is 0 Å². The molecular formula is C18H33NO. The highest BCUT2D eigenvalue weighted by molar-refractivity contribution is 5.11. The van der Waals surface area contributed by atoms with Gasteiger partial charge in [-0.05, 0) is 56.4 Å². The molecule has 1 atom stereocenters. The van der Waals surface area contributed by atoms with Gasteiger partial charge >= 0.3 is 0 Å². The molecule has 116 valence electrons. The van der Waals surface area contributed by atoms with Crippen LogP contribution in [-0.4, -0.2) is 12.3 Å². The van der Waals surface area contributed by atoms with Crippen LogP contribution in [0.15, 0.2) is 24.4 Å². The van der Waals surface area contributed by atoms with Crippen LogP contribution in [0.2, 0.25) is 0 Å². The maximum Gasteiger partial charge on any atom is 0.127 e. The third kappa shape index (κ3) is 5.70. The zero-order chi connectivity index (χ0) is 15.2. The van der Waals surface area contributed by atoms with Gasteiger partial charge in [0.05, 0.1) is 6.10 Å². The normalized spacial score (nSPS) is 25.6. The van der Waals surface area contributed by atoms with Gasteiger partial charge in [-0.25, -0.2) is 0 Å². The predicted molar refractivity (Wildman–Crippen MR) is 87.5 cm³/mol. The average Bonchev–Trinajstić information content (AvgIpc) is 2.37. The van der Waals surface area contributed by atoms with Crippen molar-refractivity contribution in [3.8, 4) is 0 Å². The van der Waals surface area contributed by atoms with E-state index >= 15 is 0 Å². The molecule has 0 saturated heterocycles. The molecule has 1 aliphatic carbocycles. The Morgan fingerprint density at radius 2 is 1.90 bits per heavy atom. The summed E-state index contributed by atoms with van der Waals surface area (Å²) in [7, 11) is 0. The lowest BCUT2D eigenvalue weighted by Gasteiger charge is -2.38. The van der Waals surface area contributed by atoms with Gasteiger partial charge in [-0.2, -0.15) is 0 Å².